The molecule has 736 valence electrons. The lowest BCUT2D eigenvalue weighted by atomic mass is 9.82. The monoisotopic (exact) mass is 1950 g/mol. The van der Waals surface area contributed by atoms with Crippen molar-refractivity contribution in [3.05, 3.63) is 229 Å². The number of carboxylic acid groups (broad SMARTS) is 1. The van der Waals surface area contributed by atoms with Crippen LogP contribution >= 0.6 is 15.9 Å². The van der Waals surface area contributed by atoms with Gasteiger partial charge in [-0.3, -0.25) is 4.79 Å². The lowest BCUT2D eigenvalue weighted by molar-refractivity contribution is 0.0592. The Hall–Kier alpha value is -12.4. The minimum absolute atomic E-state index is 0. The summed E-state index contributed by atoms with van der Waals surface area (Å²) in [5.74, 6) is 2.07. The Balaban J connectivity index is 0.000000133. The van der Waals surface area contributed by atoms with Gasteiger partial charge in [0, 0.05) is 113 Å². The minimum atomic E-state index is -0.916. The number of hydrogen-bond acceptors (Lipinski definition) is 18. The van der Waals surface area contributed by atoms with Gasteiger partial charge in [-0.25, -0.2) is 38.7 Å². The Kier molecular flexibility index (Phi) is 34.4. The largest absolute Gasteiger partial charge is 0.478 e. The van der Waals surface area contributed by atoms with Crippen LogP contribution in [-0.2, 0) is 66.0 Å². The molecule has 26 heteroatoms. The number of carboxylic acids is 1. The van der Waals surface area contributed by atoms with E-state index in [2.05, 4.69) is 58.3 Å². The van der Waals surface area contributed by atoms with Crippen molar-refractivity contribution < 1.29 is 81.4 Å². The molecule has 8 heterocycles. The van der Waals surface area contributed by atoms with Gasteiger partial charge in [0.1, 0.15) is 6.10 Å². The van der Waals surface area contributed by atoms with Gasteiger partial charge in [0.05, 0.1) is 115 Å². The summed E-state index contributed by atoms with van der Waals surface area (Å²) in [5, 5.41) is 36.2. The van der Waals surface area contributed by atoms with E-state index in [1.807, 2.05) is 129 Å². The molecule has 6 fully saturated rings. The number of aromatic nitrogens is 8. The molecular weight excluding hydrogens is 1820 g/mol. The topological polar surface area (TPSA) is 308 Å². The number of aliphatic hydroxyl groups is 2. The van der Waals surface area contributed by atoms with Gasteiger partial charge in [-0.1, -0.05) is 166 Å². The highest BCUT2D eigenvalue weighted by Gasteiger charge is 2.35. The molecule has 0 amide bonds. The fourth-order valence-corrected chi connectivity index (χ4v) is 23.9. The number of aliphatic hydroxyl groups excluding tert-OH is 2. The van der Waals surface area contributed by atoms with Crippen LogP contribution in [0.4, 0.5) is 0 Å². The number of aryl methyl sites for hydroxylation is 6. The molecule has 8 aromatic heterocycles. The Morgan fingerprint density at radius 2 is 0.640 bits per heavy atom. The van der Waals surface area contributed by atoms with E-state index in [-0.39, 0.29) is 43.9 Å². The van der Waals surface area contributed by atoms with Gasteiger partial charge in [0.2, 0.25) is 0 Å². The number of methoxy groups -OCH3 is 5. The third-order valence-electron chi connectivity index (χ3n) is 30.1. The fraction of sp³-hybridized carbons (Fsp3) is 0.442. The Morgan fingerprint density at radius 1 is 0.381 bits per heavy atom. The standard InChI is InChI=1S/C20H22N2O3.C19H20N2O3.C19H25NO4.C19H23NO2.C18H21NO3.C17H20BrNO2.CH4/c1-22-16-10-14(20(23)24-2)8-9-15(16)18(13-6-4-3-5-7-13)19(22)17-11-21-12-25-17;1-21-15-9-13(19(22)23)7-8-14(15)17(12-5-3-2-4-6-12)18(21)16-10-20-11-24-16;1-20-15-10-13(19(23)24-2)8-9-14(15)17(18(20)16(22)11-21)12-6-4-3-5-7-12;1-4-16-18(13-8-6-5-7-9-13)15-11-10-14(19(21)22-3)12-17(15)20(16)2;1-19-15-10-13(18(21)22-2)8-9-14(15)17(16(19)11-20)12-6-4-3-5-7-12;1-19-14-10-12(17(20)21-2)8-9-13(14)15(16(19)18)11-6-4-3-5-7-11;/h8-13H,3-7H2,1-2H3;7-12H,2-6H2,1H3,(H,22,23);8-10,12,16,21-22H,3-7,11H2,1-2H3;4,10-13H,1,5-9H2,2-3H3;8-12H,3-7H2,1-2H3;8-11H,3-7H2,1-2H3;1H4. The average Bonchev–Trinajstić information content (AvgIpc) is 1.57. The maximum absolute atomic E-state index is 11.9. The molecule has 6 aliphatic carbocycles. The molecule has 0 saturated heterocycles. The molecule has 0 bridgehead atoms. The van der Waals surface area contributed by atoms with Crippen LogP contribution in [0, 0.1) is 0 Å². The first-order chi connectivity index (χ1) is 66.9. The van der Waals surface area contributed by atoms with Gasteiger partial charge >= 0.3 is 35.8 Å². The second kappa shape index (κ2) is 46.6. The van der Waals surface area contributed by atoms with Crippen molar-refractivity contribution in [2.24, 2.45) is 42.3 Å². The summed E-state index contributed by atoms with van der Waals surface area (Å²) in [5.41, 5.74) is 21.5. The number of aromatic carboxylic acids is 1. The summed E-state index contributed by atoms with van der Waals surface area (Å²) >= 11 is 3.75. The summed E-state index contributed by atoms with van der Waals surface area (Å²) in [6.07, 6.45) is 45.5. The molecule has 20 rings (SSSR count). The van der Waals surface area contributed by atoms with Gasteiger partial charge in [0.25, 0.3) is 0 Å². The van der Waals surface area contributed by atoms with Gasteiger partial charge in [-0.2, -0.15) is 0 Å². The lowest BCUT2D eigenvalue weighted by Crippen LogP contribution is -2.14. The van der Waals surface area contributed by atoms with Crippen LogP contribution in [0.1, 0.15) is 359 Å². The molecule has 139 heavy (non-hydrogen) atoms. The van der Waals surface area contributed by atoms with Crippen molar-refractivity contribution >= 4 is 130 Å². The van der Waals surface area contributed by atoms with Crippen molar-refractivity contribution in [3.8, 4) is 22.9 Å². The summed E-state index contributed by atoms with van der Waals surface area (Å²) in [4.78, 5) is 90.1. The van der Waals surface area contributed by atoms with E-state index in [0.717, 1.165) is 131 Å². The molecular formula is C113H135BrN8O17. The molecule has 6 saturated carbocycles. The maximum Gasteiger partial charge on any atom is 0.337 e. The number of ether oxygens (including phenoxy) is 5. The first kappa shape index (κ1) is 102. The third kappa shape index (κ3) is 21.4. The fourth-order valence-electron chi connectivity index (χ4n) is 23.2. The van der Waals surface area contributed by atoms with Crippen LogP contribution in [-0.4, -0.2) is 137 Å². The molecule has 1 unspecified atom stereocenters. The molecule has 3 N–H and O–H groups in total. The van der Waals surface area contributed by atoms with Crippen molar-refractivity contribution in [1.29, 1.82) is 0 Å². The van der Waals surface area contributed by atoms with E-state index in [0.29, 0.717) is 68.9 Å². The van der Waals surface area contributed by atoms with Crippen molar-refractivity contribution in [2.45, 2.75) is 242 Å². The Morgan fingerprint density at radius 3 is 0.942 bits per heavy atom. The first-order valence-electron chi connectivity index (χ1n) is 49.1. The van der Waals surface area contributed by atoms with Crippen molar-refractivity contribution in [2.75, 3.05) is 42.2 Å². The quantitative estimate of drug-likeness (QED) is 0.0408. The number of halogens is 1. The highest BCUT2D eigenvalue weighted by molar-refractivity contribution is 9.10. The third-order valence-corrected chi connectivity index (χ3v) is 31.0. The number of nitrogens with zero attached hydrogens (tertiary/aromatic N) is 8. The number of oxazole rings is 2. The molecule has 0 radical (unpaired) electrons. The molecule has 0 aliphatic heterocycles. The van der Waals surface area contributed by atoms with Crippen LogP contribution in [0.25, 0.3) is 94.4 Å². The number of rotatable bonds is 18. The predicted octanol–water partition coefficient (Wildman–Crippen LogP) is 26.2. The smallest absolute Gasteiger partial charge is 0.337 e. The zero-order chi connectivity index (χ0) is 97.7. The van der Waals surface area contributed by atoms with Gasteiger partial charge in [-0.15, -0.1) is 0 Å². The highest BCUT2D eigenvalue weighted by Crippen LogP contribution is 2.50. The van der Waals surface area contributed by atoms with Crippen molar-refractivity contribution in [3.63, 3.8) is 0 Å². The number of hydrogen-bond donors (Lipinski definition) is 3. The highest BCUT2D eigenvalue weighted by atomic mass is 79.9. The maximum atomic E-state index is 11.9. The van der Waals surface area contributed by atoms with E-state index >= 15 is 0 Å². The zero-order valence-electron chi connectivity index (χ0n) is 81.5. The number of carbonyl (C=O) groups excluding carboxylic acids is 6. The minimum Gasteiger partial charge on any atom is -0.478 e. The van der Waals surface area contributed by atoms with E-state index in [1.54, 1.807) is 42.7 Å². The lowest BCUT2D eigenvalue weighted by Gasteiger charge is -2.24. The molecule has 0 spiro atoms. The number of aldehydes is 1. The molecule has 1 atom stereocenters. The van der Waals surface area contributed by atoms with Gasteiger partial charge in [0.15, 0.2) is 30.6 Å². The normalized spacial score (nSPS) is 16.0. The van der Waals surface area contributed by atoms with Crippen LogP contribution in [0.2, 0.25) is 0 Å². The van der Waals surface area contributed by atoms with Crippen LogP contribution in [0.3, 0.4) is 0 Å². The number of benzene rings is 6. The number of esters is 5. The van der Waals surface area contributed by atoms with E-state index < -0.39 is 12.1 Å². The first-order valence-corrected chi connectivity index (χ1v) is 49.9. The Bertz CT molecular complexity index is 6610. The summed E-state index contributed by atoms with van der Waals surface area (Å²) in [7, 11) is 18.8. The zero-order valence-corrected chi connectivity index (χ0v) is 83.1. The molecule has 6 aromatic carbocycles. The molecule has 14 aromatic rings. The van der Waals surface area contributed by atoms with Gasteiger partial charge in [-0.05, 0) is 241 Å². The second-order valence-corrected chi connectivity index (χ2v) is 38.6. The molecule has 25 nitrogen and oxygen atoms in total. The van der Waals surface area contributed by atoms with E-state index in [4.69, 9.17) is 32.5 Å². The van der Waals surface area contributed by atoms with Crippen LogP contribution in [0.5, 0.6) is 0 Å². The Labute approximate surface area is 821 Å². The van der Waals surface area contributed by atoms with Crippen molar-refractivity contribution in [1.82, 2.24) is 37.4 Å². The predicted molar refractivity (Wildman–Crippen MR) is 549 cm³/mol. The van der Waals surface area contributed by atoms with Crippen LogP contribution in [0.15, 0.2) is 154 Å². The second-order valence-electron chi connectivity index (χ2n) is 37.9. The van der Waals surface area contributed by atoms with Crippen LogP contribution < -0.4 is 0 Å². The summed E-state index contributed by atoms with van der Waals surface area (Å²) in [6.45, 7) is 3.69. The van der Waals surface area contributed by atoms with Gasteiger partial charge < -0.3 is 75.2 Å². The number of fused-ring (bicyclic) bond motifs is 6. The number of carbonyl (C=O) groups is 7. The average molecular weight is 1960 g/mol. The van der Waals surface area contributed by atoms with E-state index in [1.165, 1.54) is 259 Å². The summed E-state index contributed by atoms with van der Waals surface area (Å²) in [6, 6.07) is 34.0. The SMILES string of the molecule is C.C=Cc1c(C2CCCCC2)c2ccc(C(=O)OC)cc2n1C.COC(=O)c1ccc2c(C3CCCCC3)c(-c3cnco3)n(C)c2c1.COC(=O)c1ccc2c(C3CCCCC3)c(Br)n(C)c2c1.COC(=O)c1ccc2c(C3CCCCC3)c(C(O)CO)n(C)c2c1.COC(=O)c1ccc2c(C3CCCCC3)c(C=O)n(C)c2c1.Cn1c(-c2cnco2)c(C2CCCCC2)c2ccc(C(=O)O)cc21. The molecule has 6 aliphatic rings. The van der Waals surface area contributed by atoms with E-state index in [9.17, 15) is 48.9 Å². The summed E-state index contributed by atoms with van der Waals surface area (Å²) < 4.78 is 48.8.